The molecule has 3 heterocycles. The summed E-state index contributed by atoms with van der Waals surface area (Å²) in [7, 11) is 0. The average Bonchev–Trinajstić information content (AvgIpc) is 3.40. The molecule has 138 valence electrons. The van der Waals surface area contributed by atoms with Gasteiger partial charge in [-0.15, -0.1) is 0 Å². The largest absolute Gasteiger partial charge is 0.464 e. The van der Waals surface area contributed by atoms with Crippen molar-refractivity contribution in [3.8, 4) is 17.2 Å². The van der Waals surface area contributed by atoms with Crippen LogP contribution >= 0.6 is 0 Å². The van der Waals surface area contributed by atoms with E-state index in [2.05, 4.69) is 35.3 Å². The molecule has 0 aromatic heterocycles. The standard InChI is InChI=1S/C23H18N2O3/c1-2-6-15(7-3-1)23-25-19(17-8-4-5-9-20(17)28-23)13-18(24-25)16-10-11-21-22(12-16)27-14-26-21/h1-12,19,23H,13-14H2/t19-,23+/m1/s1. The van der Waals surface area contributed by atoms with Gasteiger partial charge >= 0.3 is 0 Å². The van der Waals surface area contributed by atoms with E-state index in [0.29, 0.717) is 0 Å². The molecule has 2 atom stereocenters. The summed E-state index contributed by atoms with van der Waals surface area (Å²) in [6.07, 6.45) is 0.580. The van der Waals surface area contributed by atoms with Gasteiger partial charge < -0.3 is 14.2 Å². The number of rotatable bonds is 2. The molecule has 28 heavy (non-hydrogen) atoms. The molecule has 3 aliphatic rings. The third kappa shape index (κ3) is 2.36. The van der Waals surface area contributed by atoms with Gasteiger partial charge in [0.15, 0.2) is 11.5 Å². The molecule has 3 aromatic rings. The van der Waals surface area contributed by atoms with Crippen LogP contribution in [0.4, 0.5) is 0 Å². The summed E-state index contributed by atoms with van der Waals surface area (Å²) in [5.41, 5.74) is 4.36. The van der Waals surface area contributed by atoms with Gasteiger partial charge in [0.2, 0.25) is 13.0 Å². The second kappa shape index (κ2) is 6.02. The van der Waals surface area contributed by atoms with Crippen molar-refractivity contribution in [1.29, 1.82) is 0 Å². The highest BCUT2D eigenvalue weighted by molar-refractivity contribution is 6.02. The maximum Gasteiger partial charge on any atom is 0.231 e. The Balaban J connectivity index is 1.43. The summed E-state index contributed by atoms with van der Waals surface area (Å²) in [6.45, 7) is 0.275. The van der Waals surface area contributed by atoms with Crippen LogP contribution in [0.25, 0.3) is 0 Å². The highest BCUT2D eigenvalue weighted by atomic mass is 16.7. The molecule has 0 bridgehead atoms. The number of nitrogens with zero attached hydrogens (tertiary/aromatic N) is 2. The van der Waals surface area contributed by atoms with E-state index in [0.717, 1.165) is 40.5 Å². The summed E-state index contributed by atoms with van der Waals surface area (Å²) in [5, 5.41) is 7.09. The van der Waals surface area contributed by atoms with Crippen molar-refractivity contribution in [3.63, 3.8) is 0 Å². The Morgan fingerprint density at radius 1 is 0.821 bits per heavy atom. The molecule has 0 radical (unpaired) electrons. The van der Waals surface area contributed by atoms with Gasteiger partial charge in [0.25, 0.3) is 0 Å². The minimum Gasteiger partial charge on any atom is -0.464 e. The lowest BCUT2D eigenvalue weighted by Crippen LogP contribution is -2.33. The first-order valence-corrected chi connectivity index (χ1v) is 9.43. The number of hydrogen-bond acceptors (Lipinski definition) is 5. The van der Waals surface area contributed by atoms with Gasteiger partial charge in [0, 0.05) is 23.1 Å². The first kappa shape index (κ1) is 15.6. The Morgan fingerprint density at radius 3 is 2.57 bits per heavy atom. The molecular formula is C23H18N2O3. The molecule has 0 unspecified atom stereocenters. The molecule has 5 nitrogen and oxygen atoms in total. The van der Waals surface area contributed by atoms with Crippen LogP contribution in [0.15, 0.2) is 77.9 Å². The topological polar surface area (TPSA) is 43.3 Å². The van der Waals surface area contributed by atoms with E-state index in [1.165, 1.54) is 5.56 Å². The maximum absolute atomic E-state index is 6.36. The lowest BCUT2D eigenvalue weighted by molar-refractivity contribution is -0.0190. The van der Waals surface area contributed by atoms with Crippen molar-refractivity contribution in [2.45, 2.75) is 18.7 Å². The van der Waals surface area contributed by atoms with Crippen LogP contribution in [0, 0.1) is 0 Å². The Morgan fingerprint density at radius 2 is 1.64 bits per heavy atom. The summed E-state index contributed by atoms with van der Waals surface area (Å²) >= 11 is 0. The first-order chi connectivity index (χ1) is 13.9. The molecule has 0 saturated heterocycles. The molecule has 0 saturated carbocycles. The Bertz CT molecular complexity index is 1080. The molecule has 5 heteroatoms. The molecule has 3 aromatic carbocycles. The molecule has 0 fully saturated rings. The van der Waals surface area contributed by atoms with Gasteiger partial charge in [0.1, 0.15) is 5.75 Å². The fourth-order valence-electron chi connectivity index (χ4n) is 4.12. The van der Waals surface area contributed by atoms with E-state index < -0.39 is 0 Å². The monoisotopic (exact) mass is 370 g/mol. The Kier molecular flexibility index (Phi) is 3.35. The van der Waals surface area contributed by atoms with Crippen molar-refractivity contribution in [2.24, 2.45) is 5.10 Å². The Hall–Kier alpha value is -3.47. The molecule has 0 amide bonds. The van der Waals surface area contributed by atoms with Gasteiger partial charge in [-0.1, -0.05) is 48.5 Å². The SMILES string of the molecule is c1ccc([C@@H]2Oc3ccccc3[C@H]3CC(c4ccc5c(c4)OCO5)=NN32)cc1. The third-order valence-corrected chi connectivity index (χ3v) is 5.49. The van der Waals surface area contributed by atoms with Crippen molar-refractivity contribution < 1.29 is 14.2 Å². The second-order valence-corrected chi connectivity index (χ2v) is 7.13. The van der Waals surface area contributed by atoms with Crippen LogP contribution in [0.2, 0.25) is 0 Å². The molecule has 0 spiro atoms. The zero-order valence-electron chi connectivity index (χ0n) is 15.1. The minimum atomic E-state index is -0.243. The fourth-order valence-corrected chi connectivity index (χ4v) is 4.12. The summed E-state index contributed by atoms with van der Waals surface area (Å²) in [6, 6.07) is 24.7. The van der Waals surface area contributed by atoms with Gasteiger partial charge in [-0.2, -0.15) is 5.10 Å². The van der Waals surface area contributed by atoms with E-state index >= 15 is 0 Å². The lowest BCUT2D eigenvalue weighted by Gasteiger charge is -2.38. The van der Waals surface area contributed by atoms with E-state index in [1.54, 1.807) is 0 Å². The van der Waals surface area contributed by atoms with Crippen molar-refractivity contribution >= 4 is 5.71 Å². The van der Waals surface area contributed by atoms with Crippen LogP contribution < -0.4 is 14.2 Å². The Labute approximate surface area is 162 Å². The predicted octanol–water partition coefficient (Wildman–Crippen LogP) is 4.66. The zero-order valence-corrected chi connectivity index (χ0v) is 15.1. The van der Waals surface area contributed by atoms with Crippen molar-refractivity contribution in [1.82, 2.24) is 5.01 Å². The quantitative estimate of drug-likeness (QED) is 0.658. The van der Waals surface area contributed by atoms with Gasteiger partial charge in [-0.3, -0.25) is 0 Å². The number of para-hydroxylation sites is 1. The second-order valence-electron chi connectivity index (χ2n) is 7.13. The summed E-state index contributed by atoms with van der Waals surface area (Å²) < 4.78 is 17.4. The normalized spacial score (nSPS) is 21.6. The van der Waals surface area contributed by atoms with Crippen LogP contribution in [-0.4, -0.2) is 17.5 Å². The van der Waals surface area contributed by atoms with E-state index in [-0.39, 0.29) is 19.1 Å². The van der Waals surface area contributed by atoms with Gasteiger partial charge in [-0.05, 0) is 24.3 Å². The molecule has 6 rings (SSSR count). The van der Waals surface area contributed by atoms with E-state index in [1.807, 2.05) is 42.5 Å². The number of hydrazone groups is 1. The highest BCUT2D eigenvalue weighted by Crippen LogP contribution is 2.47. The van der Waals surface area contributed by atoms with Crippen molar-refractivity contribution in [3.05, 3.63) is 89.5 Å². The number of benzene rings is 3. The molecule has 3 aliphatic heterocycles. The number of hydrogen-bond donors (Lipinski definition) is 0. The van der Waals surface area contributed by atoms with E-state index in [4.69, 9.17) is 19.3 Å². The zero-order chi connectivity index (χ0) is 18.5. The van der Waals surface area contributed by atoms with Crippen LogP contribution in [-0.2, 0) is 0 Å². The smallest absolute Gasteiger partial charge is 0.231 e. The fraction of sp³-hybridized carbons (Fsp3) is 0.174. The van der Waals surface area contributed by atoms with Crippen LogP contribution in [0.3, 0.4) is 0 Å². The average molecular weight is 370 g/mol. The predicted molar refractivity (Wildman–Crippen MR) is 105 cm³/mol. The molecule has 0 aliphatic carbocycles. The molecule has 0 N–H and O–H groups in total. The highest BCUT2D eigenvalue weighted by Gasteiger charge is 2.40. The lowest BCUT2D eigenvalue weighted by atomic mass is 9.96. The van der Waals surface area contributed by atoms with E-state index in [9.17, 15) is 0 Å². The maximum atomic E-state index is 6.36. The first-order valence-electron chi connectivity index (χ1n) is 9.43. The third-order valence-electron chi connectivity index (χ3n) is 5.49. The molecular weight excluding hydrogens is 352 g/mol. The summed E-state index contributed by atoms with van der Waals surface area (Å²) in [4.78, 5) is 0. The van der Waals surface area contributed by atoms with Crippen LogP contribution in [0.1, 0.15) is 35.4 Å². The van der Waals surface area contributed by atoms with Crippen molar-refractivity contribution in [2.75, 3.05) is 6.79 Å². The number of fused-ring (bicyclic) bond motifs is 4. The van der Waals surface area contributed by atoms with Gasteiger partial charge in [0.05, 0.1) is 11.8 Å². The number of ether oxygens (including phenoxy) is 3. The minimum absolute atomic E-state index is 0.149. The summed E-state index contributed by atoms with van der Waals surface area (Å²) in [5.74, 6) is 2.50. The van der Waals surface area contributed by atoms with Crippen LogP contribution in [0.5, 0.6) is 17.2 Å². The van der Waals surface area contributed by atoms with Gasteiger partial charge in [-0.25, -0.2) is 5.01 Å².